The van der Waals surface area contributed by atoms with Crippen molar-refractivity contribution in [2.45, 2.75) is 24.9 Å². The van der Waals surface area contributed by atoms with Gasteiger partial charge in [-0.25, -0.2) is 0 Å². The fraction of sp³-hybridized carbons (Fsp3) is 0.417. The van der Waals surface area contributed by atoms with Gasteiger partial charge >= 0.3 is 5.97 Å². The molecule has 0 spiro atoms. The third-order valence-electron chi connectivity index (χ3n) is 2.94. The van der Waals surface area contributed by atoms with Crippen molar-refractivity contribution in [3.63, 3.8) is 0 Å². The van der Waals surface area contributed by atoms with Crippen LogP contribution in [-0.4, -0.2) is 18.2 Å². The summed E-state index contributed by atoms with van der Waals surface area (Å²) in [5.41, 5.74) is 2.03. The summed E-state index contributed by atoms with van der Waals surface area (Å²) in [7, 11) is 1.39. The summed E-state index contributed by atoms with van der Waals surface area (Å²) in [5, 5.41) is 9.79. The molecular formula is C12H14O3. The van der Waals surface area contributed by atoms with Gasteiger partial charge in [0.2, 0.25) is 0 Å². The van der Waals surface area contributed by atoms with E-state index in [9.17, 15) is 9.90 Å². The molecule has 0 fully saturated rings. The number of benzene rings is 1. The summed E-state index contributed by atoms with van der Waals surface area (Å²) in [6.07, 6.45) is 0.537. The van der Waals surface area contributed by atoms with Crippen LogP contribution in [0, 0.1) is 0 Å². The van der Waals surface area contributed by atoms with Crippen LogP contribution in [0.15, 0.2) is 24.3 Å². The van der Waals surface area contributed by atoms with Gasteiger partial charge in [-0.1, -0.05) is 24.3 Å². The number of aliphatic hydroxyl groups is 1. The molecule has 15 heavy (non-hydrogen) atoms. The van der Waals surface area contributed by atoms with Crippen LogP contribution in [0.4, 0.5) is 0 Å². The molecule has 0 aromatic heterocycles. The van der Waals surface area contributed by atoms with Crippen LogP contribution < -0.4 is 0 Å². The van der Waals surface area contributed by atoms with Crippen molar-refractivity contribution in [3.05, 3.63) is 35.4 Å². The first-order valence-corrected chi connectivity index (χ1v) is 5.06. The Morgan fingerprint density at radius 3 is 2.80 bits per heavy atom. The zero-order valence-corrected chi connectivity index (χ0v) is 8.64. The van der Waals surface area contributed by atoms with E-state index >= 15 is 0 Å². The molecule has 0 amide bonds. The molecule has 0 bridgehead atoms. The van der Waals surface area contributed by atoms with Gasteiger partial charge in [0.15, 0.2) is 0 Å². The van der Waals surface area contributed by atoms with Gasteiger partial charge in [0, 0.05) is 0 Å². The van der Waals surface area contributed by atoms with Crippen molar-refractivity contribution in [3.8, 4) is 0 Å². The topological polar surface area (TPSA) is 46.5 Å². The third kappa shape index (κ3) is 1.88. The normalized spacial score (nSPS) is 23.6. The summed E-state index contributed by atoms with van der Waals surface area (Å²) in [6, 6.07) is 7.72. The SMILES string of the molecule is COC(=O)C[C@H]1C[C@@H](O)c2ccccc21. The Labute approximate surface area is 88.7 Å². The van der Waals surface area contributed by atoms with Gasteiger partial charge in [0.25, 0.3) is 0 Å². The minimum absolute atomic E-state index is 0.101. The molecular weight excluding hydrogens is 192 g/mol. The summed E-state index contributed by atoms with van der Waals surface area (Å²) in [4.78, 5) is 11.2. The van der Waals surface area contributed by atoms with E-state index in [0.29, 0.717) is 12.8 Å². The average molecular weight is 206 g/mol. The maximum Gasteiger partial charge on any atom is 0.306 e. The predicted molar refractivity (Wildman–Crippen MR) is 55.4 cm³/mol. The van der Waals surface area contributed by atoms with E-state index in [-0.39, 0.29) is 11.9 Å². The standard InChI is InChI=1S/C12H14O3/c1-15-12(14)7-8-6-11(13)10-5-3-2-4-9(8)10/h2-5,8,11,13H,6-7H2,1H3/t8-,11-/m1/s1. The number of rotatable bonds is 2. The fourth-order valence-corrected chi connectivity index (χ4v) is 2.19. The molecule has 1 aliphatic rings. The molecule has 1 N–H and O–H groups in total. The minimum atomic E-state index is -0.434. The zero-order valence-electron chi connectivity index (χ0n) is 8.64. The molecule has 2 atom stereocenters. The molecule has 0 aliphatic heterocycles. The van der Waals surface area contributed by atoms with Crippen LogP contribution in [0.3, 0.4) is 0 Å². The Kier molecular flexibility index (Phi) is 2.73. The molecule has 0 saturated heterocycles. The van der Waals surface area contributed by atoms with Gasteiger partial charge in [-0.15, -0.1) is 0 Å². The van der Waals surface area contributed by atoms with E-state index in [0.717, 1.165) is 11.1 Å². The fourth-order valence-electron chi connectivity index (χ4n) is 2.19. The van der Waals surface area contributed by atoms with Crippen molar-refractivity contribution in [1.82, 2.24) is 0 Å². The number of esters is 1. The third-order valence-corrected chi connectivity index (χ3v) is 2.94. The summed E-state index contributed by atoms with van der Waals surface area (Å²) < 4.78 is 4.64. The maximum absolute atomic E-state index is 11.2. The number of fused-ring (bicyclic) bond motifs is 1. The number of carbonyl (C=O) groups excluding carboxylic acids is 1. The molecule has 1 aromatic carbocycles. The number of aliphatic hydroxyl groups excluding tert-OH is 1. The van der Waals surface area contributed by atoms with Gasteiger partial charge in [0.05, 0.1) is 19.6 Å². The zero-order chi connectivity index (χ0) is 10.8. The van der Waals surface area contributed by atoms with E-state index in [1.807, 2.05) is 24.3 Å². The van der Waals surface area contributed by atoms with Crippen molar-refractivity contribution < 1.29 is 14.6 Å². The smallest absolute Gasteiger partial charge is 0.306 e. The lowest BCUT2D eigenvalue weighted by atomic mass is 9.98. The second-order valence-electron chi connectivity index (χ2n) is 3.86. The average Bonchev–Trinajstić information content (AvgIpc) is 2.57. The quantitative estimate of drug-likeness (QED) is 0.750. The molecule has 0 radical (unpaired) electrons. The second-order valence-corrected chi connectivity index (χ2v) is 3.86. The largest absolute Gasteiger partial charge is 0.469 e. The Morgan fingerprint density at radius 1 is 1.47 bits per heavy atom. The Hall–Kier alpha value is -1.35. The molecule has 3 nitrogen and oxygen atoms in total. The number of methoxy groups -OCH3 is 1. The van der Waals surface area contributed by atoms with Gasteiger partial charge in [-0.05, 0) is 23.5 Å². The molecule has 0 unspecified atom stereocenters. The van der Waals surface area contributed by atoms with Crippen molar-refractivity contribution in [1.29, 1.82) is 0 Å². The summed E-state index contributed by atoms with van der Waals surface area (Å²) in [6.45, 7) is 0. The van der Waals surface area contributed by atoms with Crippen LogP contribution in [0.5, 0.6) is 0 Å². The molecule has 0 saturated carbocycles. The van der Waals surface area contributed by atoms with E-state index < -0.39 is 6.10 Å². The van der Waals surface area contributed by atoms with E-state index in [2.05, 4.69) is 4.74 Å². The lowest BCUT2D eigenvalue weighted by molar-refractivity contribution is -0.141. The summed E-state index contributed by atoms with van der Waals surface area (Å²) in [5.74, 6) is -0.118. The highest BCUT2D eigenvalue weighted by Crippen LogP contribution is 2.41. The first kappa shape index (κ1) is 10.2. The van der Waals surface area contributed by atoms with Crippen LogP contribution in [0.2, 0.25) is 0 Å². The molecule has 0 heterocycles. The summed E-state index contributed by atoms with van der Waals surface area (Å²) >= 11 is 0. The van der Waals surface area contributed by atoms with Crippen molar-refractivity contribution in [2.24, 2.45) is 0 Å². The maximum atomic E-state index is 11.2. The highest BCUT2D eigenvalue weighted by molar-refractivity contribution is 5.70. The number of hydrogen-bond acceptors (Lipinski definition) is 3. The molecule has 1 aliphatic carbocycles. The molecule has 3 heteroatoms. The van der Waals surface area contributed by atoms with Crippen LogP contribution >= 0.6 is 0 Å². The number of ether oxygens (including phenoxy) is 1. The minimum Gasteiger partial charge on any atom is -0.469 e. The molecule has 2 rings (SSSR count). The first-order chi connectivity index (χ1) is 7.22. The Balaban J connectivity index is 2.21. The Bertz CT molecular complexity index is 373. The van der Waals surface area contributed by atoms with Crippen LogP contribution in [-0.2, 0) is 9.53 Å². The van der Waals surface area contributed by atoms with Crippen LogP contribution in [0.25, 0.3) is 0 Å². The van der Waals surface area contributed by atoms with Crippen molar-refractivity contribution in [2.75, 3.05) is 7.11 Å². The monoisotopic (exact) mass is 206 g/mol. The van der Waals surface area contributed by atoms with E-state index in [4.69, 9.17) is 0 Å². The predicted octanol–water partition coefficient (Wildman–Crippen LogP) is 1.77. The van der Waals surface area contributed by atoms with E-state index in [1.54, 1.807) is 0 Å². The highest BCUT2D eigenvalue weighted by Gasteiger charge is 2.30. The first-order valence-electron chi connectivity index (χ1n) is 5.06. The van der Waals surface area contributed by atoms with Crippen LogP contribution in [0.1, 0.15) is 36.0 Å². The highest BCUT2D eigenvalue weighted by atomic mass is 16.5. The van der Waals surface area contributed by atoms with Gasteiger partial charge in [-0.3, -0.25) is 4.79 Å². The number of carbonyl (C=O) groups is 1. The number of hydrogen-bond donors (Lipinski definition) is 1. The second kappa shape index (κ2) is 4.03. The lowest BCUT2D eigenvalue weighted by Gasteiger charge is -2.08. The lowest BCUT2D eigenvalue weighted by Crippen LogP contribution is -2.06. The van der Waals surface area contributed by atoms with Crippen molar-refractivity contribution >= 4 is 5.97 Å². The van der Waals surface area contributed by atoms with Gasteiger partial charge in [-0.2, -0.15) is 0 Å². The molecule has 1 aromatic rings. The van der Waals surface area contributed by atoms with Gasteiger partial charge in [0.1, 0.15) is 0 Å². The van der Waals surface area contributed by atoms with Gasteiger partial charge < -0.3 is 9.84 Å². The van der Waals surface area contributed by atoms with E-state index in [1.165, 1.54) is 7.11 Å². The Morgan fingerprint density at radius 2 is 2.13 bits per heavy atom. The molecule has 80 valence electrons.